The number of halogens is 3. The van der Waals surface area contributed by atoms with Crippen molar-refractivity contribution in [2.75, 3.05) is 44.2 Å². The first kappa shape index (κ1) is 50.9. The van der Waals surface area contributed by atoms with E-state index in [0.717, 1.165) is 74.9 Å². The van der Waals surface area contributed by atoms with E-state index in [1.165, 1.54) is 31.0 Å². The molecule has 0 atom stereocenters. The Bertz CT molecular complexity index is 2720. The third kappa shape index (κ3) is 10.6. The molecule has 3 aliphatic carbocycles. The Morgan fingerprint density at radius 3 is 2.39 bits per heavy atom. The fraction of sp³-hybridized carbons (Fsp3) is 0.556. The number of phenolic OH excluding ortho intramolecular Hbond substituents is 1. The third-order valence-corrected chi connectivity index (χ3v) is 16.5. The van der Waals surface area contributed by atoms with E-state index in [1.807, 2.05) is 17.0 Å². The number of carbonyl (C=O) groups is 2. The summed E-state index contributed by atoms with van der Waals surface area (Å²) in [5.41, 5.74) is 5.95. The molecule has 0 radical (unpaired) electrons. The molecule has 0 unspecified atom stereocenters. The number of aromatic hydroxyl groups is 1. The van der Waals surface area contributed by atoms with Crippen LogP contribution in [0.15, 0.2) is 70.8 Å². The van der Waals surface area contributed by atoms with Gasteiger partial charge >= 0.3 is 0 Å². The van der Waals surface area contributed by atoms with E-state index in [0.29, 0.717) is 78.0 Å². The van der Waals surface area contributed by atoms with Crippen molar-refractivity contribution in [2.24, 2.45) is 28.3 Å². The van der Waals surface area contributed by atoms with Gasteiger partial charge in [-0.05, 0) is 115 Å². The zero-order valence-corrected chi connectivity index (χ0v) is 43.0. The highest BCUT2D eigenvalue weighted by molar-refractivity contribution is 6.31. The van der Waals surface area contributed by atoms with Crippen LogP contribution in [0.4, 0.5) is 14.5 Å². The number of nitrogens with one attached hydrogen (secondary N) is 4. The van der Waals surface area contributed by atoms with Gasteiger partial charge in [-0.2, -0.15) is 10.4 Å². The van der Waals surface area contributed by atoms with Crippen molar-refractivity contribution in [3.05, 3.63) is 87.5 Å². The van der Waals surface area contributed by atoms with Gasteiger partial charge in [0.15, 0.2) is 0 Å². The molecule has 4 aliphatic heterocycles. The summed E-state index contributed by atoms with van der Waals surface area (Å²) in [5, 5.41) is 41.5. The fourth-order valence-electron chi connectivity index (χ4n) is 12.9. The standard InChI is InChI=1S/C47H64F2N10O3.C7H4ClNO/c1-28(60)58-15-11-38(37(26-58)41(50)59-12-7-8-29-16-35(31-24-53-56(6)25-31)36(40(48)49)17-39(29)59)54-32-9-13-57(14-10-32)33-18-47(19-33)20-34(21-47)62-44-51-22-30(23-52-44)42(61)55-43-45(2,3)27-46(43,4)5;8-7-3-6(10)2-1-5(7)4-9/h16-17,22,24-25,32-34,40,43,50,54H,7-15,18-21,23,26-27H2,1-6H3,(H,51,52)(H,55,61);1-3,10H. The van der Waals surface area contributed by atoms with E-state index in [-0.39, 0.29) is 63.0 Å². The molecule has 5 N–H and O–H groups in total. The first-order valence-electron chi connectivity index (χ1n) is 25.4. The molecular weight excluding hydrogens is 940 g/mol. The van der Waals surface area contributed by atoms with Gasteiger partial charge in [0.05, 0.1) is 35.4 Å². The first-order valence-corrected chi connectivity index (χ1v) is 25.7. The predicted molar refractivity (Wildman–Crippen MR) is 274 cm³/mol. The molecule has 1 saturated heterocycles. The summed E-state index contributed by atoms with van der Waals surface area (Å²) >= 11 is 5.55. The number of hydrogen-bond acceptors (Lipinski definition) is 11. The Morgan fingerprint density at radius 2 is 1.78 bits per heavy atom. The molecule has 1 aromatic heterocycles. The van der Waals surface area contributed by atoms with E-state index in [1.54, 1.807) is 48.2 Å². The molecule has 72 heavy (non-hydrogen) atoms. The highest BCUT2D eigenvalue weighted by Gasteiger charge is 2.56. The van der Waals surface area contributed by atoms with Gasteiger partial charge in [-0.15, -0.1) is 0 Å². The van der Waals surface area contributed by atoms with E-state index in [9.17, 15) is 23.8 Å². The minimum Gasteiger partial charge on any atom is -0.508 e. The SMILES string of the molecule is CC(=O)N1CCC(NC2CCN(C3CC4(CC(OC5=NCC(C(=O)NC6C(C)(C)CC6(C)C)=CN5)C4)C3)CC2)=C(C(=N)N2CCCc3cc(-c4cnn(C)c4)c(C(F)F)cc32)C1.N#Cc1ccc(O)cc1Cl. The molecule has 2 aromatic carbocycles. The number of fused-ring (bicyclic) bond motifs is 1. The van der Waals surface area contributed by atoms with Gasteiger partial charge in [-0.25, -0.2) is 13.8 Å². The van der Waals surface area contributed by atoms with E-state index in [4.69, 9.17) is 26.7 Å². The minimum atomic E-state index is -2.68. The van der Waals surface area contributed by atoms with Crippen LogP contribution in [-0.2, 0) is 27.8 Å². The summed E-state index contributed by atoms with van der Waals surface area (Å²) in [6.45, 7) is 14.2. The van der Waals surface area contributed by atoms with Crippen LogP contribution in [0.5, 0.6) is 5.75 Å². The van der Waals surface area contributed by atoms with Crippen molar-refractivity contribution in [1.82, 2.24) is 35.5 Å². The summed E-state index contributed by atoms with van der Waals surface area (Å²) in [6.07, 6.45) is 12.2. The predicted octanol–water partition coefficient (Wildman–Crippen LogP) is 8.34. The first-order chi connectivity index (χ1) is 34.2. The largest absolute Gasteiger partial charge is 0.508 e. The molecule has 3 aromatic rings. The van der Waals surface area contributed by atoms with Crippen LogP contribution < -0.4 is 20.9 Å². The summed E-state index contributed by atoms with van der Waals surface area (Å²) in [5.74, 6) is 0.261. The zero-order valence-electron chi connectivity index (χ0n) is 42.3. The zero-order chi connectivity index (χ0) is 51.3. The Kier molecular flexibility index (Phi) is 14.2. The Balaban J connectivity index is 0.000000573. The van der Waals surface area contributed by atoms with Crippen molar-refractivity contribution >= 4 is 41.0 Å². The lowest BCUT2D eigenvalue weighted by Crippen LogP contribution is -2.63. The number of alkyl halides is 2. The Labute approximate surface area is 426 Å². The van der Waals surface area contributed by atoms with E-state index < -0.39 is 6.43 Å². The lowest BCUT2D eigenvalue weighted by Gasteiger charge is -2.60. The van der Waals surface area contributed by atoms with Gasteiger partial charge in [-0.3, -0.25) is 19.7 Å². The average Bonchev–Trinajstić information content (AvgIpc) is 3.76. The number of carbonyl (C=O) groups excluding carboxylic acids is 2. The smallest absolute Gasteiger partial charge is 0.289 e. The monoisotopic (exact) mass is 1010 g/mol. The maximum absolute atomic E-state index is 14.6. The van der Waals surface area contributed by atoms with Crippen LogP contribution in [0.3, 0.4) is 0 Å². The average molecular weight is 1010 g/mol. The van der Waals surface area contributed by atoms with Crippen LogP contribution in [0.25, 0.3) is 11.1 Å². The van der Waals surface area contributed by atoms with Gasteiger partial charge < -0.3 is 40.5 Å². The second kappa shape index (κ2) is 20.1. The maximum Gasteiger partial charge on any atom is 0.289 e. The molecule has 7 aliphatic rings. The number of aryl methyl sites for hydroxylation is 2. The number of aliphatic imine (C=N–C) groups is 1. The number of aromatic nitrogens is 2. The van der Waals surface area contributed by atoms with Gasteiger partial charge in [0.1, 0.15) is 23.8 Å². The molecule has 0 bridgehead atoms. The van der Waals surface area contributed by atoms with Crippen molar-refractivity contribution in [3.63, 3.8) is 0 Å². The Hall–Kier alpha value is -5.99. The third-order valence-electron chi connectivity index (χ3n) is 16.2. The fourth-order valence-corrected chi connectivity index (χ4v) is 13.1. The van der Waals surface area contributed by atoms with E-state index >= 15 is 0 Å². The highest BCUT2D eigenvalue weighted by Crippen LogP contribution is 2.58. The number of anilines is 1. The van der Waals surface area contributed by atoms with Crippen LogP contribution in [0, 0.1) is 33.0 Å². The molecule has 384 valence electrons. The minimum absolute atomic E-state index is 0.0330. The summed E-state index contributed by atoms with van der Waals surface area (Å²) in [6, 6.07) is 11.0. The molecule has 4 fully saturated rings. The van der Waals surface area contributed by atoms with Crippen molar-refractivity contribution in [3.8, 4) is 22.9 Å². The summed E-state index contributed by atoms with van der Waals surface area (Å²) < 4.78 is 37.0. The lowest BCUT2D eigenvalue weighted by atomic mass is 9.52. The normalized spacial score (nSPS) is 24.7. The number of amides is 2. The molecule has 18 heteroatoms. The number of likely N-dealkylation sites (tertiary alicyclic amines) is 1. The van der Waals surface area contributed by atoms with Crippen LogP contribution in [0.2, 0.25) is 5.02 Å². The summed E-state index contributed by atoms with van der Waals surface area (Å²) in [7, 11) is 1.77. The molecule has 5 heterocycles. The molecule has 15 nitrogen and oxygen atoms in total. The van der Waals surface area contributed by atoms with Crippen LogP contribution in [0.1, 0.15) is 116 Å². The number of amidine groups is 2. The number of ether oxygens (including phenoxy) is 1. The molecule has 2 amide bonds. The topological polar surface area (TPSA) is 187 Å². The number of nitrogens with zero attached hydrogens (tertiary/aromatic N) is 7. The number of hydrogen-bond donors (Lipinski definition) is 5. The van der Waals surface area contributed by atoms with Gasteiger partial charge in [0.25, 0.3) is 18.4 Å². The number of nitriles is 1. The second-order valence-electron chi connectivity index (χ2n) is 22.5. The second-order valence-corrected chi connectivity index (χ2v) is 22.9. The number of phenols is 1. The van der Waals surface area contributed by atoms with Crippen molar-refractivity contribution in [1.29, 1.82) is 10.7 Å². The quantitative estimate of drug-likeness (QED) is 0.103. The molecular formula is C54H68ClF2N11O4. The van der Waals surface area contributed by atoms with Crippen LogP contribution >= 0.6 is 11.6 Å². The summed E-state index contributed by atoms with van der Waals surface area (Å²) in [4.78, 5) is 36.5. The number of rotatable bonds is 9. The Morgan fingerprint density at radius 1 is 1.04 bits per heavy atom. The lowest BCUT2D eigenvalue weighted by molar-refractivity contribution is -0.128. The van der Waals surface area contributed by atoms with E-state index in [2.05, 4.69) is 58.6 Å². The van der Waals surface area contributed by atoms with Crippen molar-refractivity contribution in [2.45, 2.75) is 129 Å². The van der Waals surface area contributed by atoms with Crippen molar-refractivity contribution < 1.29 is 28.2 Å². The molecule has 1 spiro atoms. The highest BCUT2D eigenvalue weighted by atomic mass is 35.5. The van der Waals surface area contributed by atoms with Gasteiger partial charge in [0.2, 0.25) is 5.91 Å². The van der Waals surface area contributed by atoms with Gasteiger partial charge in [0, 0.05) is 105 Å². The van der Waals surface area contributed by atoms with Gasteiger partial charge in [-0.1, -0.05) is 39.3 Å². The van der Waals surface area contributed by atoms with Crippen LogP contribution in [-0.4, -0.2) is 112 Å². The maximum atomic E-state index is 14.6. The number of benzene rings is 2. The number of piperidine rings is 1. The molecule has 3 saturated carbocycles. The molecule has 10 rings (SSSR count).